The van der Waals surface area contributed by atoms with Crippen molar-refractivity contribution in [2.24, 2.45) is 10.7 Å². The second kappa shape index (κ2) is 8.22. The molecule has 33 heavy (non-hydrogen) atoms. The number of anilines is 1. The smallest absolute Gasteiger partial charge is 0.387 e. The molecular formula is C20H17F4N5O4. The maximum absolute atomic E-state index is 13.1. The van der Waals surface area contributed by atoms with E-state index < -0.39 is 25.1 Å². The number of guanidine groups is 1. The maximum Gasteiger partial charge on any atom is 0.387 e. The summed E-state index contributed by atoms with van der Waals surface area (Å²) in [6, 6.07) is 6.87. The summed E-state index contributed by atoms with van der Waals surface area (Å²) in [5.74, 6) is 0.548. The van der Waals surface area contributed by atoms with Gasteiger partial charge < -0.3 is 24.7 Å². The monoisotopic (exact) mass is 467 g/mol. The predicted molar refractivity (Wildman–Crippen MR) is 108 cm³/mol. The summed E-state index contributed by atoms with van der Waals surface area (Å²) < 4.78 is 73.5. The van der Waals surface area contributed by atoms with Gasteiger partial charge in [-0.15, -0.1) is 0 Å². The number of halogens is 4. The maximum atomic E-state index is 13.1. The third-order valence-electron chi connectivity index (χ3n) is 5.01. The summed E-state index contributed by atoms with van der Waals surface area (Å²) in [6.45, 7) is -5.40. The zero-order valence-corrected chi connectivity index (χ0v) is 16.8. The van der Waals surface area contributed by atoms with Gasteiger partial charge in [-0.25, -0.2) is 9.98 Å². The van der Waals surface area contributed by atoms with E-state index in [0.717, 1.165) is 6.07 Å². The Hall–Kier alpha value is -3.90. The highest BCUT2D eigenvalue weighted by Gasteiger charge is 2.30. The van der Waals surface area contributed by atoms with Crippen molar-refractivity contribution in [2.45, 2.75) is 25.8 Å². The van der Waals surface area contributed by atoms with E-state index in [9.17, 15) is 17.6 Å². The molecular weight excluding hydrogens is 450 g/mol. The van der Waals surface area contributed by atoms with Crippen molar-refractivity contribution in [2.75, 3.05) is 18.5 Å². The van der Waals surface area contributed by atoms with Crippen LogP contribution in [0.2, 0.25) is 0 Å². The molecule has 0 saturated carbocycles. The van der Waals surface area contributed by atoms with Crippen molar-refractivity contribution in [3.63, 3.8) is 0 Å². The van der Waals surface area contributed by atoms with Crippen molar-refractivity contribution < 1.29 is 36.5 Å². The summed E-state index contributed by atoms with van der Waals surface area (Å²) in [5, 5.41) is 2.83. The van der Waals surface area contributed by atoms with Gasteiger partial charge in [0.05, 0.1) is 24.2 Å². The van der Waals surface area contributed by atoms with Gasteiger partial charge in [0, 0.05) is 30.2 Å². The lowest BCUT2D eigenvalue weighted by atomic mass is 10.1. The fourth-order valence-electron chi connectivity index (χ4n) is 3.73. The summed E-state index contributed by atoms with van der Waals surface area (Å²) in [6.07, 6.45) is -0.283. The van der Waals surface area contributed by atoms with Crippen LogP contribution in [0.1, 0.15) is 18.2 Å². The number of alkyl halides is 4. The van der Waals surface area contributed by atoms with Gasteiger partial charge in [-0.05, 0) is 12.1 Å². The molecule has 5 rings (SSSR count). The topological polar surface area (TPSA) is 105 Å². The SMILES string of the molecule is NC1=N[C@H](c2ccc(OC(F)F)cc2OC(F)F)n2c(nc3cc4c(cc32)OCCCO4)N1. The number of hydrogen-bond donors (Lipinski definition) is 2. The Bertz CT molecular complexity index is 1230. The Morgan fingerprint density at radius 1 is 1.03 bits per heavy atom. The molecule has 0 saturated heterocycles. The summed E-state index contributed by atoms with van der Waals surface area (Å²) in [4.78, 5) is 8.83. The average molecular weight is 467 g/mol. The quantitative estimate of drug-likeness (QED) is 0.552. The number of nitrogens with zero attached hydrogens (tertiary/aromatic N) is 3. The lowest BCUT2D eigenvalue weighted by molar-refractivity contribution is -0.0548. The molecule has 3 aromatic rings. The minimum Gasteiger partial charge on any atom is -0.489 e. The van der Waals surface area contributed by atoms with Crippen LogP contribution in [0.25, 0.3) is 11.0 Å². The molecule has 3 N–H and O–H groups in total. The first-order valence-corrected chi connectivity index (χ1v) is 9.84. The fraction of sp³-hybridized carbons (Fsp3) is 0.300. The number of fused-ring (bicyclic) bond motifs is 4. The molecule has 0 unspecified atom stereocenters. The van der Waals surface area contributed by atoms with Crippen molar-refractivity contribution in [1.82, 2.24) is 9.55 Å². The minimum atomic E-state index is -3.21. The Kier molecular flexibility index (Phi) is 5.23. The second-order valence-corrected chi connectivity index (χ2v) is 7.11. The Morgan fingerprint density at radius 2 is 1.76 bits per heavy atom. The molecule has 3 heterocycles. The van der Waals surface area contributed by atoms with E-state index in [1.165, 1.54) is 12.1 Å². The molecule has 0 amide bonds. The molecule has 1 atom stereocenters. The normalized spacial score (nSPS) is 17.4. The molecule has 174 valence electrons. The summed E-state index contributed by atoms with van der Waals surface area (Å²) >= 11 is 0. The van der Waals surface area contributed by atoms with E-state index in [4.69, 9.17) is 15.2 Å². The molecule has 1 aromatic heterocycles. The van der Waals surface area contributed by atoms with Crippen LogP contribution in [0.3, 0.4) is 0 Å². The Labute approximate surface area is 183 Å². The number of aromatic nitrogens is 2. The van der Waals surface area contributed by atoms with E-state index >= 15 is 0 Å². The van der Waals surface area contributed by atoms with Gasteiger partial charge in [0.25, 0.3) is 0 Å². The lowest BCUT2D eigenvalue weighted by Crippen LogP contribution is -2.31. The van der Waals surface area contributed by atoms with E-state index in [-0.39, 0.29) is 17.3 Å². The number of nitrogens with two attached hydrogens (primary N) is 1. The molecule has 9 nitrogen and oxygen atoms in total. The standard InChI is InChI=1S/C20H17F4N5O4/c21-17(22)32-9-2-3-10(13(6-9)33-18(23)24)16-27-19(25)28-20-26-11-7-14-15(8-12(11)29(16)20)31-5-1-4-30-14/h2-3,6-8,16-18H,1,4-5H2,(H3,25,26,27,28)/t16-/m0/s1. The highest BCUT2D eigenvalue weighted by molar-refractivity contribution is 5.95. The molecule has 2 aromatic carbocycles. The highest BCUT2D eigenvalue weighted by Crippen LogP contribution is 2.41. The van der Waals surface area contributed by atoms with Gasteiger partial charge in [0.1, 0.15) is 11.5 Å². The van der Waals surface area contributed by atoms with Crippen LogP contribution in [-0.2, 0) is 0 Å². The van der Waals surface area contributed by atoms with Crippen LogP contribution in [0.15, 0.2) is 35.3 Å². The molecule has 0 bridgehead atoms. The molecule has 0 spiro atoms. The lowest BCUT2D eigenvalue weighted by Gasteiger charge is -2.25. The van der Waals surface area contributed by atoms with Crippen LogP contribution in [0, 0.1) is 0 Å². The first kappa shape index (κ1) is 21.0. The third-order valence-corrected chi connectivity index (χ3v) is 5.01. The van der Waals surface area contributed by atoms with Crippen LogP contribution in [0.4, 0.5) is 23.5 Å². The zero-order chi connectivity index (χ0) is 23.1. The largest absolute Gasteiger partial charge is 0.489 e. The van der Waals surface area contributed by atoms with Crippen LogP contribution < -0.4 is 30.0 Å². The van der Waals surface area contributed by atoms with E-state index in [2.05, 4.69) is 24.8 Å². The van der Waals surface area contributed by atoms with Gasteiger partial charge in [-0.3, -0.25) is 9.88 Å². The Morgan fingerprint density at radius 3 is 2.48 bits per heavy atom. The van der Waals surface area contributed by atoms with Gasteiger partial charge in [0.2, 0.25) is 5.95 Å². The molecule has 0 fully saturated rings. The van der Waals surface area contributed by atoms with E-state index in [0.29, 0.717) is 48.1 Å². The van der Waals surface area contributed by atoms with Crippen LogP contribution in [-0.4, -0.2) is 41.9 Å². The number of aliphatic imine (C=N–C) groups is 1. The van der Waals surface area contributed by atoms with Crippen molar-refractivity contribution in [3.05, 3.63) is 35.9 Å². The summed E-state index contributed by atoms with van der Waals surface area (Å²) in [7, 11) is 0. The average Bonchev–Trinajstić information content (AvgIpc) is 2.92. The minimum absolute atomic E-state index is 0.0206. The molecule has 2 aliphatic rings. The van der Waals surface area contributed by atoms with Crippen LogP contribution >= 0.6 is 0 Å². The van der Waals surface area contributed by atoms with Gasteiger partial charge in [-0.1, -0.05) is 0 Å². The molecule has 2 aliphatic heterocycles. The molecule has 0 radical (unpaired) electrons. The second-order valence-electron chi connectivity index (χ2n) is 7.11. The fourth-order valence-corrected chi connectivity index (χ4v) is 3.73. The highest BCUT2D eigenvalue weighted by atomic mass is 19.3. The number of benzene rings is 2. The number of hydrogen-bond acceptors (Lipinski definition) is 8. The van der Waals surface area contributed by atoms with Crippen molar-refractivity contribution in [3.8, 4) is 23.0 Å². The van der Waals surface area contributed by atoms with E-state index in [1.807, 2.05) is 0 Å². The first-order chi connectivity index (χ1) is 15.9. The zero-order valence-electron chi connectivity index (χ0n) is 16.8. The third kappa shape index (κ3) is 4.01. The number of nitrogens with one attached hydrogen (secondary N) is 1. The van der Waals surface area contributed by atoms with Gasteiger partial charge in [0.15, 0.2) is 23.6 Å². The number of rotatable bonds is 5. The van der Waals surface area contributed by atoms with Crippen molar-refractivity contribution in [1.29, 1.82) is 0 Å². The van der Waals surface area contributed by atoms with E-state index in [1.54, 1.807) is 16.7 Å². The number of ether oxygens (including phenoxy) is 4. The predicted octanol–water partition coefficient (Wildman–Crippen LogP) is 3.69. The first-order valence-electron chi connectivity index (χ1n) is 9.84. The Balaban J connectivity index is 1.65. The number of imidazole rings is 1. The van der Waals surface area contributed by atoms with Crippen LogP contribution in [0.5, 0.6) is 23.0 Å². The van der Waals surface area contributed by atoms with Gasteiger partial charge in [-0.2, -0.15) is 17.6 Å². The molecule has 13 heteroatoms. The van der Waals surface area contributed by atoms with Crippen molar-refractivity contribution >= 4 is 22.9 Å². The van der Waals surface area contributed by atoms with Gasteiger partial charge >= 0.3 is 13.2 Å². The molecule has 0 aliphatic carbocycles. The summed E-state index contributed by atoms with van der Waals surface area (Å²) in [5.41, 5.74) is 7.12.